The van der Waals surface area contributed by atoms with E-state index in [-0.39, 0.29) is 18.1 Å². The molecule has 1 aromatic heterocycles. The molecule has 0 aliphatic heterocycles. The van der Waals surface area contributed by atoms with E-state index in [0.717, 1.165) is 35.7 Å². The SMILES string of the molecule is O=C(CCS(=O)(=O)c1ccc2c(c1)CCC2)Nc1ccc2cc[nH]c2c1. The number of aromatic nitrogens is 1. The van der Waals surface area contributed by atoms with E-state index >= 15 is 0 Å². The second kappa shape index (κ2) is 6.61. The number of sulfone groups is 1. The summed E-state index contributed by atoms with van der Waals surface area (Å²) in [6, 6.07) is 12.8. The zero-order valence-corrected chi connectivity index (χ0v) is 15.1. The topological polar surface area (TPSA) is 79.0 Å². The van der Waals surface area contributed by atoms with Gasteiger partial charge in [0.2, 0.25) is 5.91 Å². The van der Waals surface area contributed by atoms with E-state index in [9.17, 15) is 13.2 Å². The van der Waals surface area contributed by atoms with Crippen LogP contribution in [0.3, 0.4) is 0 Å². The fraction of sp³-hybridized carbons (Fsp3) is 0.250. The van der Waals surface area contributed by atoms with Gasteiger partial charge < -0.3 is 10.3 Å². The van der Waals surface area contributed by atoms with Crippen LogP contribution >= 0.6 is 0 Å². The molecule has 0 saturated carbocycles. The molecule has 0 saturated heterocycles. The van der Waals surface area contributed by atoms with E-state index in [0.29, 0.717) is 10.6 Å². The predicted octanol–water partition coefficient (Wildman–Crippen LogP) is 3.46. The highest BCUT2D eigenvalue weighted by Gasteiger charge is 2.20. The van der Waals surface area contributed by atoms with Gasteiger partial charge in [0.15, 0.2) is 9.84 Å². The molecule has 5 nitrogen and oxygen atoms in total. The van der Waals surface area contributed by atoms with Crippen LogP contribution in [0.4, 0.5) is 5.69 Å². The Morgan fingerprint density at radius 2 is 1.88 bits per heavy atom. The van der Waals surface area contributed by atoms with Crippen LogP contribution in [0.2, 0.25) is 0 Å². The molecule has 1 aliphatic rings. The van der Waals surface area contributed by atoms with Crippen LogP contribution in [0, 0.1) is 0 Å². The van der Waals surface area contributed by atoms with E-state index in [1.807, 2.05) is 36.5 Å². The molecule has 0 fully saturated rings. The number of hydrogen-bond donors (Lipinski definition) is 2. The van der Waals surface area contributed by atoms with Gasteiger partial charge >= 0.3 is 0 Å². The lowest BCUT2D eigenvalue weighted by atomic mass is 10.1. The first-order chi connectivity index (χ1) is 12.5. The summed E-state index contributed by atoms with van der Waals surface area (Å²) in [5.41, 5.74) is 3.93. The summed E-state index contributed by atoms with van der Waals surface area (Å²) in [7, 11) is -3.46. The summed E-state index contributed by atoms with van der Waals surface area (Å²) >= 11 is 0. The average molecular weight is 368 g/mol. The van der Waals surface area contributed by atoms with Crippen molar-refractivity contribution in [2.24, 2.45) is 0 Å². The first-order valence-corrected chi connectivity index (χ1v) is 10.4. The first kappa shape index (κ1) is 16.8. The molecule has 0 unspecified atom stereocenters. The van der Waals surface area contributed by atoms with Crippen molar-refractivity contribution in [1.29, 1.82) is 0 Å². The third-order valence-electron chi connectivity index (χ3n) is 4.87. The lowest BCUT2D eigenvalue weighted by Gasteiger charge is -2.08. The molecule has 2 aromatic carbocycles. The fourth-order valence-electron chi connectivity index (χ4n) is 3.44. The summed E-state index contributed by atoms with van der Waals surface area (Å²) in [6.45, 7) is 0. The van der Waals surface area contributed by atoms with Gasteiger partial charge in [0.1, 0.15) is 0 Å². The van der Waals surface area contributed by atoms with Gasteiger partial charge in [0.05, 0.1) is 10.6 Å². The van der Waals surface area contributed by atoms with E-state index in [1.54, 1.807) is 12.1 Å². The standard InChI is InChI=1S/C20H20N2O3S/c23-20(22-17-6-4-15-8-10-21-19(15)13-17)9-11-26(24,25)18-7-5-14-2-1-3-16(14)12-18/h4-8,10,12-13,21H,1-3,9,11H2,(H,22,23). The van der Waals surface area contributed by atoms with Crippen LogP contribution in [0.5, 0.6) is 0 Å². The molecule has 1 heterocycles. The highest BCUT2D eigenvalue weighted by molar-refractivity contribution is 7.91. The second-order valence-corrected chi connectivity index (χ2v) is 8.79. The summed E-state index contributed by atoms with van der Waals surface area (Å²) in [5.74, 6) is -0.497. The summed E-state index contributed by atoms with van der Waals surface area (Å²) in [4.78, 5) is 15.6. The molecule has 0 atom stereocenters. The van der Waals surface area contributed by atoms with Crippen molar-refractivity contribution in [2.45, 2.75) is 30.6 Å². The molecule has 3 aromatic rings. The van der Waals surface area contributed by atoms with Crippen molar-refractivity contribution in [3.63, 3.8) is 0 Å². The number of H-pyrrole nitrogens is 1. The highest BCUT2D eigenvalue weighted by atomic mass is 32.2. The number of hydrogen-bond acceptors (Lipinski definition) is 3. The number of amides is 1. The predicted molar refractivity (Wildman–Crippen MR) is 102 cm³/mol. The third-order valence-corrected chi connectivity index (χ3v) is 6.58. The van der Waals surface area contributed by atoms with Crippen molar-refractivity contribution in [2.75, 3.05) is 11.1 Å². The molecule has 2 N–H and O–H groups in total. The van der Waals surface area contributed by atoms with Crippen molar-refractivity contribution in [3.05, 3.63) is 59.8 Å². The quantitative estimate of drug-likeness (QED) is 0.724. The smallest absolute Gasteiger partial charge is 0.225 e. The molecular weight excluding hydrogens is 348 g/mol. The number of nitrogens with one attached hydrogen (secondary N) is 2. The molecule has 6 heteroatoms. The van der Waals surface area contributed by atoms with Gasteiger partial charge in [-0.2, -0.15) is 0 Å². The van der Waals surface area contributed by atoms with Crippen LogP contribution in [0.1, 0.15) is 24.0 Å². The molecular formula is C20H20N2O3S. The normalized spacial score (nSPS) is 13.7. The Morgan fingerprint density at radius 3 is 2.77 bits per heavy atom. The van der Waals surface area contributed by atoms with Crippen LogP contribution in [-0.4, -0.2) is 25.1 Å². The van der Waals surface area contributed by atoms with E-state index in [4.69, 9.17) is 0 Å². The largest absolute Gasteiger partial charge is 0.361 e. The maximum absolute atomic E-state index is 12.5. The first-order valence-electron chi connectivity index (χ1n) is 8.73. The van der Waals surface area contributed by atoms with Gasteiger partial charge in [-0.25, -0.2) is 8.42 Å². The van der Waals surface area contributed by atoms with Gasteiger partial charge in [-0.3, -0.25) is 4.79 Å². The minimum Gasteiger partial charge on any atom is -0.361 e. The Morgan fingerprint density at radius 1 is 1.04 bits per heavy atom. The highest BCUT2D eigenvalue weighted by Crippen LogP contribution is 2.25. The molecule has 134 valence electrons. The fourth-order valence-corrected chi connectivity index (χ4v) is 4.72. The number of aryl methyl sites for hydroxylation is 2. The Balaban J connectivity index is 1.41. The van der Waals surface area contributed by atoms with Gasteiger partial charge in [-0.1, -0.05) is 12.1 Å². The lowest BCUT2D eigenvalue weighted by Crippen LogP contribution is -2.17. The van der Waals surface area contributed by atoms with Crippen LogP contribution in [-0.2, 0) is 27.5 Å². The van der Waals surface area contributed by atoms with Crippen LogP contribution in [0.25, 0.3) is 10.9 Å². The summed E-state index contributed by atoms with van der Waals surface area (Å²) in [5, 5.41) is 3.82. The van der Waals surface area contributed by atoms with E-state index < -0.39 is 9.84 Å². The molecule has 4 rings (SSSR count). The second-order valence-electron chi connectivity index (χ2n) is 6.68. The van der Waals surface area contributed by atoms with Gasteiger partial charge in [0, 0.05) is 23.8 Å². The zero-order chi connectivity index (χ0) is 18.1. The van der Waals surface area contributed by atoms with Gasteiger partial charge in [0.25, 0.3) is 0 Å². The Bertz CT molecular complexity index is 1080. The number of carbonyl (C=O) groups is 1. The maximum atomic E-state index is 12.5. The zero-order valence-electron chi connectivity index (χ0n) is 14.3. The number of benzene rings is 2. The summed E-state index contributed by atoms with van der Waals surface area (Å²) in [6.07, 6.45) is 4.79. The Kier molecular flexibility index (Phi) is 4.28. The number of rotatable bonds is 5. The molecule has 0 spiro atoms. The molecule has 0 bridgehead atoms. The molecule has 26 heavy (non-hydrogen) atoms. The average Bonchev–Trinajstić information content (AvgIpc) is 3.27. The third kappa shape index (κ3) is 3.37. The Labute approximate surface area is 152 Å². The van der Waals surface area contributed by atoms with Crippen molar-refractivity contribution in [1.82, 2.24) is 4.98 Å². The minimum absolute atomic E-state index is 0.0673. The Hall–Kier alpha value is -2.60. The van der Waals surface area contributed by atoms with E-state index in [1.165, 1.54) is 5.56 Å². The van der Waals surface area contributed by atoms with Crippen molar-refractivity contribution < 1.29 is 13.2 Å². The number of aromatic amines is 1. The van der Waals surface area contributed by atoms with Crippen LogP contribution in [0.15, 0.2) is 53.6 Å². The van der Waals surface area contributed by atoms with Gasteiger partial charge in [-0.05, 0) is 66.1 Å². The lowest BCUT2D eigenvalue weighted by molar-refractivity contribution is -0.115. The number of carbonyl (C=O) groups excluding carboxylic acids is 1. The monoisotopic (exact) mass is 368 g/mol. The van der Waals surface area contributed by atoms with E-state index in [2.05, 4.69) is 10.3 Å². The molecule has 1 aliphatic carbocycles. The summed E-state index contributed by atoms with van der Waals surface area (Å²) < 4.78 is 25.1. The van der Waals surface area contributed by atoms with Crippen molar-refractivity contribution >= 4 is 32.3 Å². The molecule has 1 amide bonds. The minimum atomic E-state index is -3.46. The van der Waals surface area contributed by atoms with Crippen LogP contribution < -0.4 is 5.32 Å². The maximum Gasteiger partial charge on any atom is 0.225 e. The van der Waals surface area contributed by atoms with Gasteiger partial charge in [-0.15, -0.1) is 0 Å². The van der Waals surface area contributed by atoms with Crippen molar-refractivity contribution in [3.8, 4) is 0 Å². The molecule has 0 radical (unpaired) electrons. The number of fused-ring (bicyclic) bond motifs is 2. The number of anilines is 1.